The van der Waals surface area contributed by atoms with E-state index in [1.165, 1.54) is 25.2 Å². The van der Waals surface area contributed by atoms with E-state index in [-0.39, 0.29) is 11.2 Å². The van der Waals surface area contributed by atoms with Crippen LogP contribution in [0.15, 0.2) is 45.5 Å². The van der Waals surface area contributed by atoms with Crippen LogP contribution in [-0.2, 0) is 9.53 Å². The Morgan fingerprint density at radius 2 is 2.04 bits per heavy atom. The van der Waals surface area contributed by atoms with Gasteiger partial charge in [0.25, 0.3) is 0 Å². The standard InChI is InChI=1S/C16H13BrN2O2S2/c1-9(16(20)21-2)23-15-13-12(7-22-14(13)18-8-19-15)10-3-5-11(17)6-4-10/h3-9H,1-2H3/t9-/m1/s1. The topological polar surface area (TPSA) is 52.1 Å². The Balaban J connectivity index is 2.07. The van der Waals surface area contributed by atoms with E-state index in [9.17, 15) is 4.79 Å². The van der Waals surface area contributed by atoms with Crippen molar-refractivity contribution in [1.82, 2.24) is 9.97 Å². The highest BCUT2D eigenvalue weighted by atomic mass is 79.9. The number of esters is 1. The molecule has 4 nitrogen and oxygen atoms in total. The van der Waals surface area contributed by atoms with Gasteiger partial charge in [0, 0.05) is 15.4 Å². The maximum absolute atomic E-state index is 11.7. The lowest BCUT2D eigenvalue weighted by Gasteiger charge is -2.10. The van der Waals surface area contributed by atoms with Gasteiger partial charge in [-0.3, -0.25) is 4.79 Å². The first-order valence-corrected chi connectivity index (χ1v) is 9.38. The molecule has 1 aromatic carbocycles. The molecule has 0 aliphatic carbocycles. The van der Waals surface area contributed by atoms with E-state index >= 15 is 0 Å². The Hall–Kier alpha value is -1.44. The van der Waals surface area contributed by atoms with Crippen molar-refractivity contribution in [2.75, 3.05) is 7.11 Å². The quantitative estimate of drug-likeness (QED) is 0.353. The number of carbonyl (C=O) groups is 1. The summed E-state index contributed by atoms with van der Waals surface area (Å²) < 4.78 is 5.83. The van der Waals surface area contributed by atoms with E-state index in [1.54, 1.807) is 11.3 Å². The summed E-state index contributed by atoms with van der Waals surface area (Å²) in [7, 11) is 1.40. The molecule has 0 saturated carbocycles. The van der Waals surface area contributed by atoms with Gasteiger partial charge in [0.05, 0.1) is 12.5 Å². The van der Waals surface area contributed by atoms with E-state index in [0.29, 0.717) is 0 Å². The average molecular weight is 409 g/mol. The smallest absolute Gasteiger partial charge is 0.318 e. The molecule has 7 heteroatoms. The summed E-state index contributed by atoms with van der Waals surface area (Å²) in [5.74, 6) is -0.262. The fraction of sp³-hybridized carbons (Fsp3) is 0.188. The molecule has 0 N–H and O–H groups in total. The molecule has 0 aliphatic heterocycles. The van der Waals surface area contributed by atoms with Crippen molar-refractivity contribution in [2.45, 2.75) is 17.2 Å². The SMILES string of the molecule is COC(=O)[C@@H](C)Sc1ncnc2scc(-c3ccc(Br)cc3)c12. The lowest BCUT2D eigenvalue weighted by Crippen LogP contribution is -2.14. The maximum atomic E-state index is 11.7. The number of hydrogen-bond acceptors (Lipinski definition) is 6. The van der Waals surface area contributed by atoms with Crippen molar-refractivity contribution in [3.05, 3.63) is 40.4 Å². The first kappa shape index (κ1) is 16.4. The zero-order valence-corrected chi connectivity index (χ0v) is 15.7. The monoisotopic (exact) mass is 408 g/mol. The molecular weight excluding hydrogens is 396 g/mol. The number of carbonyl (C=O) groups excluding carboxylic acids is 1. The van der Waals surface area contributed by atoms with Crippen LogP contribution in [0.2, 0.25) is 0 Å². The van der Waals surface area contributed by atoms with Crippen LogP contribution >= 0.6 is 39.0 Å². The molecule has 23 heavy (non-hydrogen) atoms. The summed E-state index contributed by atoms with van der Waals surface area (Å²) >= 11 is 6.42. The molecule has 1 atom stereocenters. The van der Waals surface area contributed by atoms with E-state index in [2.05, 4.69) is 43.4 Å². The Morgan fingerprint density at radius 1 is 1.30 bits per heavy atom. The number of halogens is 1. The molecule has 0 radical (unpaired) electrons. The molecule has 3 aromatic rings. The van der Waals surface area contributed by atoms with Crippen molar-refractivity contribution in [2.24, 2.45) is 0 Å². The molecule has 0 amide bonds. The van der Waals surface area contributed by atoms with Gasteiger partial charge in [-0.05, 0) is 24.6 Å². The first-order chi connectivity index (χ1) is 11.1. The van der Waals surface area contributed by atoms with Crippen LogP contribution in [0.4, 0.5) is 0 Å². The normalized spacial score (nSPS) is 12.3. The maximum Gasteiger partial charge on any atom is 0.318 e. The van der Waals surface area contributed by atoms with Crippen molar-refractivity contribution in [3.8, 4) is 11.1 Å². The predicted octanol–water partition coefficient (Wildman–Crippen LogP) is 4.77. The number of benzene rings is 1. The van der Waals surface area contributed by atoms with Gasteiger partial charge in [-0.2, -0.15) is 0 Å². The zero-order chi connectivity index (χ0) is 16.4. The summed E-state index contributed by atoms with van der Waals surface area (Å²) in [4.78, 5) is 21.3. The molecule has 118 valence electrons. The molecule has 0 spiro atoms. The van der Waals surface area contributed by atoms with Crippen LogP contribution in [0, 0.1) is 0 Å². The minimum atomic E-state index is -0.323. The van der Waals surface area contributed by atoms with Crippen LogP contribution in [0.3, 0.4) is 0 Å². The van der Waals surface area contributed by atoms with Gasteiger partial charge >= 0.3 is 5.97 Å². The number of rotatable bonds is 4. The highest BCUT2D eigenvalue weighted by molar-refractivity contribution is 9.10. The third kappa shape index (κ3) is 3.41. The second-order valence-corrected chi connectivity index (χ2v) is 7.90. The second-order valence-electron chi connectivity index (χ2n) is 4.80. The number of thiophene rings is 1. The summed E-state index contributed by atoms with van der Waals surface area (Å²) in [5.41, 5.74) is 2.18. The number of hydrogen-bond donors (Lipinski definition) is 0. The van der Waals surface area contributed by atoms with Crippen molar-refractivity contribution < 1.29 is 9.53 Å². The Bertz CT molecular complexity index is 849. The molecule has 0 bridgehead atoms. The minimum absolute atomic E-state index is 0.262. The zero-order valence-electron chi connectivity index (χ0n) is 12.4. The number of ether oxygens (including phenoxy) is 1. The lowest BCUT2D eigenvalue weighted by atomic mass is 10.1. The Morgan fingerprint density at radius 3 is 2.74 bits per heavy atom. The van der Waals surface area contributed by atoms with Crippen LogP contribution in [0.5, 0.6) is 0 Å². The van der Waals surface area contributed by atoms with Crippen LogP contribution in [0.1, 0.15) is 6.92 Å². The molecule has 0 unspecified atom stereocenters. The van der Waals surface area contributed by atoms with Crippen LogP contribution in [0.25, 0.3) is 21.3 Å². The van der Waals surface area contributed by atoms with Crippen LogP contribution < -0.4 is 0 Å². The van der Waals surface area contributed by atoms with Gasteiger partial charge in [-0.25, -0.2) is 9.97 Å². The van der Waals surface area contributed by atoms with E-state index in [1.807, 2.05) is 19.1 Å². The molecule has 3 rings (SSSR count). The predicted molar refractivity (Wildman–Crippen MR) is 97.9 cm³/mol. The second kappa shape index (κ2) is 6.98. The molecule has 0 aliphatic rings. The molecule has 2 aromatic heterocycles. The fourth-order valence-corrected chi connectivity index (χ4v) is 4.37. The van der Waals surface area contributed by atoms with E-state index in [0.717, 1.165) is 30.8 Å². The van der Waals surface area contributed by atoms with Gasteiger partial charge in [-0.1, -0.05) is 39.8 Å². The summed E-state index contributed by atoms with van der Waals surface area (Å²) in [6, 6.07) is 8.12. The highest BCUT2D eigenvalue weighted by Crippen LogP contribution is 2.39. The number of nitrogens with zero attached hydrogens (tertiary/aromatic N) is 2. The number of fused-ring (bicyclic) bond motifs is 1. The van der Waals surface area contributed by atoms with Gasteiger partial charge < -0.3 is 4.74 Å². The fourth-order valence-electron chi connectivity index (χ4n) is 2.16. The van der Waals surface area contributed by atoms with Crippen molar-refractivity contribution in [1.29, 1.82) is 0 Å². The summed E-state index contributed by atoms with van der Waals surface area (Å²) in [5, 5.41) is 3.54. The lowest BCUT2D eigenvalue weighted by molar-refractivity contribution is -0.139. The molecular formula is C16H13BrN2O2S2. The molecule has 0 fully saturated rings. The number of methoxy groups -OCH3 is 1. The first-order valence-electron chi connectivity index (χ1n) is 6.82. The third-order valence-electron chi connectivity index (χ3n) is 3.31. The van der Waals surface area contributed by atoms with Gasteiger partial charge in [0.15, 0.2) is 0 Å². The van der Waals surface area contributed by atoms with Crippen molar-refractivity contribution in [3.63, 3.8) is 0 Å². The van der Waals surface area contributed by atoms with Gasteiger partial charge in [0.2, 0.25) is 0 Å². The third-order valence-corrected chi connectivity index (χ3v) is 5.81. The summed E-state index contributed by atoms with van der Waals surface area (Å²) in [6.07, 6.45) is 1.54. The van der Waals surface area contributed by atoms with Gasteiger partial charge in [-0.15, -0.1) is 11.3 Å². The van der Waals surface area contributed by atoms with Gasteiger partial charge in [0.1, 0.15) is 21.4 Å². The molecule has 0 saturated heterocycles. The number of thioether (sulfide) groups is 1. The molecule has 2 heterocycles. The number of aromatic nitrogens is 2. The summed E-state index contributed by atoms with van der Waals surface area (Å²) in [6.45, 7) is 1.82. The van der Waals surface area contributed by atoms with Crippen LogP contribution in [-0.4, -0.2) is 28.3 Å². The average Bonchev–Trinajstić information content (AvgIpc) is 3.00. The van der Waals surface area contributed by atoms with E-state index in [4.69, 9.17) is 4.74 Å². The van der Waals surface area contributed by atoms with E-state index < -0.39 is 0 Å². The minimum Gasteiger partial charge on any atom is -0.468 e. The largest absolute Gasteiger partial charge is 0.468 e. The highest BCUT2D eigenvalue weighted by Gasteiger charge is 2.20. The Kier molecular flexibility index (Phi) is 4.99. The van der Waals surface area contributed by atoms with Crippen molar-refractivity contribution >= 4 is 55.2 Å². The Labute approximate surface area is 150 Å².